The molecule has 5 unspecified atom stereocenters. The summed E-state index contributed by atoms with van der Waals surface area (Å²) in [5.41, 5.74) is 0.125. The molecule has 3 saturated carbocycles. The fourth-order valence-corrected chi connectivity index (χ4v) is 4.44. The van der Waals surface area contributed by atoms with E-state index in [0.29, 0.717) is 5.78 Å². The second kappa shape index (κ2) is 2.62. The largest absolute Gasteiger partial charge is 0.299 e. The van der Waals surface area contributed by atoms with Crippen LogP contribution in [-0.4, -0.2) is 5.78 Å². The van der Waals surface area contributed by atoms with E-state index in [1.807, 2.05) is 6.92 Å². The number of rotatable bonds is 1. The number of hydrogen-bond acceptors (Lipinski definition) is 1. The number of Topliss-reactive ketones (excluding diaryl/α,β-unsaturated/α-hetero) is 1. The number of ketones is 1. The molecule has 3 aliphatic rings. The van der Waals surface area contributed by atoms with Gasteiger partial charge < -0.3 is 0 Å². The average Bonchev–Trinajstić information content (AvgIpc) is 2.82. The molecule has 0 saturated heterocycles. The van der Waals surface area contributed by atoms with Crippen LogP contribution in [0, 0.1) is 29.1 Å². The molecule has 0 aromatic carbocycles. The van der Waals surface area contributed by atoms with Crippen molar-refractivity contribution in [1.82, 2.24) is 0 Å². The Hall–Kier alpha value is -0.330. The summed E-state index contributed by atoms with van der Waals surface area (Å²) in [6.07, 6.45) is 6.48. The summed E-state index contributed by atoms with van der Waals surface area (Å²) in [5.74, 6) is 4.13. The highest BCUT2D eigenvalue weighted by atomic mass is 16.1. The van der Waals surface area contributed by atoms with Crippen LogP contribution < -0.4 is 0 Å². The third-order valence-electron chi connectivity index (χ3n) is 5.08. The minimum absolute atomic E-state index is 0.125. The first-order chi connectivity index (χ1) is 6.61. The standard InChI is InChI=1S/C13H20O/c1-8-3-10-6-13(5-8,9(2)14)7-11-4-12(10)11/h8,10-12H,3-7H2,1-2H3. The zero-order valence-corrected chi connectivity index (χ0v) is 9.25. The Labute approximate surface area is 86.3 Å². The molecule has 5 atom stereocenters. The van der Waals surface area contributed by atoms with Crippen LogP contribution in [0.15, 0.2) is 0 Å². The first-order valence-electron chi connectivity index (χ1n) is 6.12. The molecule has 2 bridgehead atoms. The van der Waals surface area contributed by atoms with E-state index in [1.165, 1.54) is 32.1 Å². The van der Waals surface area contributed by atoms with Crippen molar-refractivity contribution in [2.24, 2.45) is 29.1 Å². The topological polar surface area (TPSA) is 17.1 Å². The molecular formula is C13H20O. The minimum atomic E-state index is 0.125. The quantitative estimate of drug-likeness (QED) is 0.624. The summed E-state index contributed by atoms with van der Waals surface area (Å²) in [6, 6.07) is 0. The van der Waals surface area contributed by atoms with Crippen molar-refractivity contribution < 1.29 is 4.79 Å². The van der Waals surface area contributed by atoms with Crippen molar-refractivity contribution in [3.05, 3.63) is 0 Å². The first-order valence-corrected chi connectivity index (χ1v) is 6.12. The maximum Gasteiger partial charge on any atom is 0.135 e. The van der Waals surface area contributed by atoms with Crippen molar-refractivity contribution in [2.45, 2.75) is 46.0 Å². The molecule has 1 heteroatoms. The van der Waals surface area contributed by atoms with Gasteiger partial charge in [0.2, 0.25) is 0 Å². The highest BCUT2D eigenvalue weighted by molar-refractivity contribution is 5.82. The van der Waals surface area contributed by atoms with Crippen LogP contribution in [0.25, 0.3) is 0 Å². The van der Waals surface area contributed by atoms with Crippen molar-refractivity contribution in [3.8, 4) is 0 Å². The van der Waals surface area contributed by atoms with Crippen molar-refractivity contribution in [1.29, 1.82) is 0 Å². The Bertz CT molecular complexity index is 279. The molecule has 3 aliphatic carbocycles. The molecule has 0 N–H and O–H groups in total. The Balaban J connectivity index is 1.92. The van der Waals surface area contributed by atoms with Crippen LogP contribution in [0.1, 0.15) is 46.0 Å². The van der Waals surface area contributed by atoms with Crippen molar-refractivity contribution in [2.75, 3.05) is 0 Å². The molecule has 0 aliphatic heterocycles. The van der Waals surface area contributed by atoms with E-state index in [4.69, 9.17) is 0 Å². The molecule has 14 heavy (non-hydrogen) atoms. The lowest BCUT2D eigenvalue weighted by Crippen LogP contribution is -2.42. The smallest absolute Gasteiger partial charge is 0.135 e. The molecule has 0 spiro atoms. The lowest BCUT2D eigenvalue weighted by Gasteiger charge is -2.46. The van der Waals surface area contributed by atoms with Crippen LogP contribution in [0.4, 0.5) is 0 Å². The van der Waals surface area contributed by atoms with Gasteiger partial charge in [0.1, 0.15) is 5.78 Å². The number of hydrogen-bond donors (Lipinski definition) is 0. The van der Waals surface area contributed by atoms with E-state index in [0.717, 1.165) is 23.7 Å². The van der Waals surface area contributed by atoms with Gasteiger partial charge in [0.25, 0.3) is 0 Å². The van der Waals surface area contributed by atoms with Crippen LogP contribution in [0.3, 0.4) is 0 Å². The SMILES string of the molecule is CC(=O)C12CC(C)CC(C1)C1CC1C2. The lowest BCUT2D eigenvalue weighted by molar-refractivity contribution is -0.133. The fourth-order valence-electron chi connectivity index (χ4n) is 4.44. The monoisotopic (exact) mass is 192 g/mol. The molecule has 0 radical (unpaired) electrons. The predicted octanol–water partition coefficient (Wildman–Crippen LogP) is 3.04. The summed E-state index contributed by atoms with van der Waals surface area (Å²) in [5, 5.41) is 0. The zero-order chi connectivity index (χ0) is 9.92. The van der Waals surface area contributed by atoms with E-state index in [9.17, 15) is 4.79 Å². The Morgan fingerprint density at radius 2 is 1.79 bits per heavy atom. The molecule has 0 amide bonds. The van der Waals surface area contributed by atoms with Crippen LogP contribution in [0.2, 0.25) is 0 Å². The fraction of sp³-hybridized carbons (Fsp3) is 0.923. The van der Waals surface area contributed by atoms with Gasteiger partial charge in [-0.15, -0.1) is 0 Å². The van der Waals surface area contributed by atoms with Crippen molar-refractivity contribution in [3.63, 3.8) is 0 Å². The molecule has 0 aromatic heterocycles. The van der Waals surface area contributed by atoms with E-state index < -0.39 is 0 Å². The van der Waals surface area contributed by atoms with Gasteiger partial charge in [-0.3, -0.25) is 4.79 Å². The van der Waals surface area contributed by atoms with Gasteiger partial charge in [-0.25, -0.2) is 0 Å². The maximum absolute atomic E-state index is 11.8. The average molecular weight is 192 g/mol. The lowest BCUT2D eigenvalue weighted by atomic mass is 9.58. The molecule has 3 fully saturated rings. The summed E-state index contributed by atoms with van der Waals surface area (Å²) in [6.45, 7) is 4.17. The molecular weight excluding hydrogens is 172 g/mol. The summed E-state index contributed by atoms with van der Waals surface area (Å²) >= 11 is 0. The van der Waals surface area contributed by atoms with E-state index in [2.05, 4.69) is 6.92 Å². The van der Waals surface area contributed by atoms with Gasteiger partial charge in [-0.1, -0.05) is 6.92 Å². The van der Waals surface area contributed by atoms with Crippen LogP contribution in [0.5, 0.6) is 0 Å². The number of fused-ring (bicyclic) bond motifs is 4. The zero-order valence-electron chi connectivity index (χ0n) is 9.25. The molecule has 78 valence electrons. The summed E-state index contributed by atoms with van der Waals surface area (Å²) < 4.78 is 0. The van der Waals surface area contributed by atoms with Gasteiger partial charge in [0, 0.05) is 5.41 Å². The molecule has 3 rings (SSSR count). The highest BCUT2D eigenvalue weighted by Crippen LogP contribution is 2.64. The summed E-state index contributed by atoms with van der Waals surface area (Å²) in [4.78, 5) is 11.8. The van der Waals surface area contributed by atoms with Gasteiger partial charge in [-0.05, 0) is 62.7 Å². The molecule has 0 aromatic rings. The number of carbonyl (C=O) groups excluding carboxylic acids is 1. The van der Waals surface area contributed by atoms with Gasteiger partial charge in [0.15, 0.2) is 0 Å². The third-order valence-corrected chi connectivity index (χ3v) is 5.08. The van der Waals surface area contributed by atoms with Gasteiger partial charge in [-0.2, -0.15) is 0 Å². The maximum atomic E-state index is 11.8. The minimum Gasteiger partial charge on any atom is -0.299 e. The molecule has 1 nitrogen and oxygen atoms in total. The number of carbonyl (C=O) groups is 1. The molecule has 0 heterocycles. The Kier molecular flexibility index (Phi) is 1.67. The Morgan fingerprint density at radius 3 is 2.43 bits per heavy atom. The van der Waals surface area contributed by atoms with Gasteiger partial charge in [0.05, 0.1) is 0 Å². The van der Waals surface area contributed by atoms with E-state index >= 15 is 0 Å². The highest BCUT2D eigenvalue weighted by Gasteiger charge is 2.57. The summed E-state index contributed by atoms with van der Waals surface area (Å²) in [7, 11) is 0. The predicted molar refractivity (Wildman–Crippen MR) is 55.8 cm³/mol. The van der Waals surface area contributed by atoms with Crippen molar-refractivity contribution >= 4 is 5.78 Å². The van der Waals surface area contributed by atoms with Crippen LogP contribution in [-0.2, 0) is 4.79 Å². The second-order valence-corrected chi connectivity index (χ2v) is 6.21. The van der Waals surface area contributed by atoms with E-state index in [1.54, 1.807) is 0 Å². The van der Waals surface area contributed by atoms with Crippen LogP contribution >= 0.6 is 0 Å². The third kappa shape index (κ3) is 1.11. The Morgan fingerprint density at radius 1 is 1.14 bits per heavy atom. The first kappa shape index (κ1) is 8.94. The second-order valence-electron chi connectivity index (χ2n) is 6.21. The van der Waals surface area contributed by atoms with E-state index in [-0.39, 0.29) is 5.41 Å². The normalized spacial score (nSPS) is 55.0. The van der Waals surface area contributed by atoms with Gasteiger partial charge >= 0.3 is 0 Å².